The molecule has 3 rings (SSSR count). The number of fused-ring (bicyclic) bond motifs is 1. The molecule has 23 heavy (non-hydrogen) atoms. The Bertz CT molecular complexity index is 717. The first-order valence-electron chi connectivity index (χ1n) is 6.84. The highest BCUT2D eigenvalue weighted by Crippen LogP contribution is 2.33. The van der Waals surface area contributed by atoms with Crippen LogP contribution in [0.4, 0.5) is 13.2 Å². The number of ether oxygens (including phenoxy) is 1. The van der Waals surface area contributed by atoms with Crippen molar-refractivity contribution in [2.45, 2.75) is 26.0 Å². The number of hydrogen-bond donors (Lipinski definition) is 0. The SMILES string of the molecule is FC(F)(F)Oc1ccc(CN2Cc3cc(Cl)cc(Cl)c3C2)cc1. The van der Waals surface area contributed by atoms with Crippen LogP contribution in [0.3, 0.4) is 0 Å². The summed E-state index contributed by atoms with van der Waals surface area (Å²) in [5.41, 5.74) is 3.03. The van der Waals surface area contributed by atoms with Crippen molar-refractivity contribution in [3.63, 3.8) is 0 Å². The van der Waals surface area contributed by atoms with E-state index in [9.17, 15) is 13.2 Å². The Morgan fingerprint density at radius 1 is 1.04 bits per heavy atom. The Kier molecular flexibility index (Phi) is 4.45. The molecule has 0 saturated heterocycles. The van der Waals surface area contributed by atoms with Gasteiger partial charge in [-0.15, -0.1) is 13.2 Å². The summed E-state index contributed by atoms with van der Waals surface area (Å²) in [7, 11) is 0. The van der Waals surface area contributed by atoms with E-state index in [1.165, 1.54) is 12.1 Å². The van der Waals surface area contributed by atoms with E-state index in [0.29, 0.717) is 29.7 Å². The van der Waals surface area contributed by atoms with Gasteiger partial charge in [-0.3, -0.25) is 4.90 Å². The Morgan fingerprint density at radius 2 is 1.74 bits per heavy atom. The van der Waals surface area contributed by atoms with E-state index >= 15 is 0 Å². The van der Waals surface area contributed by atoms with Crippen LogP contribution >= 0.6 is 23.2 Å². The second-order valence-corrected chi connectivity index (χ2v) is 6.21. The molecule has 122 valence electrons. The molecule has 0 atom stereocenters. The fourth-order valence-corrected chi connectivity index (χ4v) is 3.26. The maximum Gasteiger partial charge on any atom is 0.573 e. The predicted octanol–water partition coefficient (Wildman–Crippen LogP) is 5.41. The number of benzene rings is 2. The summed E-state index contributed by atoms with van der Waals surface area (Å²) in [5, 5.41) is 1.24. The lowest BCUT2D eigenvalue weighted by atomic mass is 10.1. The van der Waals surface area contributed by atoms with E-state index in [-0.39, 0.29) is 5.75 Å². The van der Waals surface area contributed by atoms with Crippen molar-refractivity contribution in [2.75, 3.05) is 0 Å². The van der Waals surface area contributed by atoms with Gasteiger partial charge in [-0.25, -0.2) is 0 Å². The predicted molar refractivity (Wildman–Crippen MR) is 82.5 cm³/mol. The molecule has 1 aliphatic heterocycles. The first-order chi connectivity index (χ1) is 10.8. The number of nitrogens with zero attached hydrogens (tertiary/aromatic N) is 1. The summed E-state index contributed by atoms with van der Waals surface area (Å²) in [6.45, 7) is 2.00. The fourth-order valence-electron chi connectivity index (χ4n) is 2.66. The zero-order valence-electron chi connectivity index (χ0n) is 11.8. The summed E-state index contributed by atoms with van der Waals surface area (Å²) in [4.78, 5) is 2.15. The van der Waals surface area contributed by atoms with Crippen LogP contribution < -0.4 is 4.74 Å². The molecule has 0 aliphatic carbocycles. The van der Waals surface area contributed by atoms with Gasteiger partial charge in [0.05, 0.1) is 0 Å². The van der Waals surface area contributed by atoms with Crippen molar-refractivity contribution in [3.05, 3.63) is 63.1 Å². The standard InChI is InChI=1S/C16H12Cl2F3NO/c17-12-5-11-8-22(9-14(11)15(18)6-12)7-10-1-3-13(4-2-10)23-16(19,20)21/h1-6H,7-9H2. The molecule has 2 nitrogen and oxygen atoms in total. The number of alkyl halides is 3. The fraction of sp³-hybridized carbons (Fsp3) is 0.250. The van der Waals surface area contributed by atoms with Crippen LogP contribution in [0.5, 0.6) is 5.75 Å². The summed E-state index contributed by atoms with van der Waals surface area (Å²) >= 11 is 12.2. The summed E-state index contributed by atoms with van der Waals surface area (Å²) in [6, 6.07) is 9.49. The van der Waals surface area contributed by atoms with E-state index in [1.807, 2.05) is 6.07 Å². The molecule has 0 unspecified atom stereocenters. The monoisotopic (exact) mass is 361 g/mol. The highest BCUT2D eigenvalue weighted by atomic mass is 35.5. The molecule has 0 saturated carbocycles. The van der Waals surface area contributed by atoms with Crippen LogP contribution in [-0.2, 0) is 19.6 Å². The van der Waals surface area contributed by atoms with Crippen LogP contribution in [0.25, 0.3) is 0 Å². The van der Waals surface area contributed by atoms with E-state index in [1.54, 1.807) is 18.2 Å². The Balaban J connectivity index is 1.66. The highest BCUT2D eigenvalue weighted by molar-refractivity contribution is 6.35. The normalized spacial score (nSPS) is 14.8. The smallest absolute Gasteiger partial charge is 0.406 e. The van der Waals surface area contributed by atoms with Gasteiger partial charge in [0, 0.05) is 29.7 Å². The van der Waals surface area contributed by atoms with E-state index < -0.39 is 6.36 Å². The minimum Gasteiger partial charge on any atom is -0.406 e. The summed E-state index contributed by atoms with van der Waals surface area (Å²) in [6.07, 6.45) is -4.67. The zero-order valence-corrected chi connectivity index (χ0v) is 13.3. The molecule has 1 heterocycles. The average Bonchev–Trinajstić information content (AvgIpc) is 2.82. The lowest BCUT2D eigenvalue weighted by Crippen LogP contribution is -2.17. The molecule has 0 spiro atoms. The number of halogens is 5. The van der Waals surface area contributed by atoms with Crippen LogP contribution in [0.15, 0.2) is 36.4 Å². The molecular weight excluding hydrogens is 350 g/mol. The lowest BCUT2D eigenvalue weighted by molar-refractivity contribution is -0.274. The Hall–Kier alpha value is -1.43. The highest BCUT2D eigenvalue weighted by Gasteiger charge is 2.31. The maximum atomic E-state index is 12.1. The van der Waals surface area contributed by atoms with Gasteiger partial charge in [0.25, 0.3) is 0 Å². The zero-order chi connectivity index (χ0) is 16.6. The van der Waals surface area contributed by atoms with Gasteiger partial charge in [0.2, 0.25) is 0 Å². The van der Waals surface area contributed by atoms with Crippen LogP contribution in [-0.4, -0.2) is 11.3 Å². The van der Waals surface area contributed by atoms with Crippen molar-refractivity contribution in [2.24, 2.45) is 0 Å². The molecule has 0 bridgehead atoms. The van der Waals surface area contributed by atoms with Crippen molar-refractivity contribution < 1.29 is 17.9 Å². The molecule has 1 aliphatic rings. The third kappa shape index (κ3) is 4.10. The summed E-state index contributed by atoms with van der Waals surface area (Å²) in [5.74, 6) is -0.221. The molecule has 0 radical (unpaired) electrons. The van der Waals surface area contributed by atoms with Crippen molar-refractivity contribution in [1.29, 1.82) is 0 Å². The third-order valence-electron chi connectivity index (χ3n) is 3.59. The van der Waals surface area contributed by atoms with Gasteiger partial charge in [0.15, 0.2) is 0 Å². The minimum absolute atomic E-state index is 0.221. The number of rotatable bonds is 3. The van der Waals surface area contributed by atoms with Crippen LogP contribution in [0.2, 0.25) is 10.0 Å². The molecule has 2 aromatic carbocycles. The second kappa shape index (κ2) is 6.23. The maximum absolute atomic E-state index is 12.1. The summed E-state index contributed by atoms with van der Waals surface area (Å²) < 4.78 is 40.3. The first kappa shape index (κ1) is 16.4. The largest absolute Gasteiger partial charge is 0.573 e. The van der Waals surface area contributed by atoms with Gasteiger partial charge >= 0.3 is 6.36 Å². The Morgan fingerprint density at radius 3 is 2.39 bits per heavy atom. The van der Waals surface area contributed by atoms with Crippen molar-refractivity contribution in [3.8, 4) is 5.75 Å². The number of hydrogen-bond acceptors (Lipinski definition) is 2. The minimum atomic E-state index is -4.67. The quantitative estimate of drug-likeness (QED) is 0.724. The van der Waals surface area contributed by atoms with Gasteiger partial charge in [-0.1, -0.05) is 35.3 Å². The molecule has 7 heteroatoms. The third-order valence-corrected chi connectivity index (χ3v) is 4.15. The van der Waals surface area contributed by atoms with E-state index in [0.717, 1.165) is 16.7 Å². The average molecular weight is 362 g/mol. The molecule has 2 aromatic rings. The van der Waals surface area contributed by atoms with Crippen molar-refractivity contribution in [1.82, 2.24) is 4.90 Å². The second-order valence-electron chi connectivity index (χ2n) is 5.36. The van der Waals surface area contributed by atoms with Gasteiger partial charge in [-0.05, 0) is 41.0 Å². The molecule has 0 N–H and O–H groups in total. The molecule has 0 fully saturated rings. The molecule has 0 aromatic heterocycles. The van der Waals surface area contributed by atoms with Gasteiger partial charge in [-0.2, -0.15) is 0 Å². The Labute approximate surface area is 141 Å². The van der Waals surface area contributed by atoms with Crippen molar-refractivity contribution >= 4 is 23.2 Å². The van der Waals surface area contributed by atoms with Crippen LogP contribution in [0, 0.1) is 0 Å². The van der Waals surface area contributed by atoms with Gasteiger partial charge in [0.1, 0.15) is 5.75 Å². The van der Waals surface area contributed by atoms with E-state index in [4.69, 9.17) is 23.2 Å². The van der Waals surface area contributed by atoms with Gasteiger partial charge < -0.3 is 4.74 Å². The lowest BCUT2D eigenvalue weighted by Gasteiger charge is -2.15. The topological polar surface area (TPSA) is 12.5 Å². The first-order valence-corrected chi connectivity index (χ1v) is 7.59. The van der Waals surface area contributed by atoms with Crippen LogP contribution in [0.1, 0.15) is 16.7 Å². The molecule has 0 amide bonds. The van der Waals surface area contributed by atoms with E-state index in [2.05, 4.69) is 9.64 Å². The molecular formula is C16H12Cl2F3NO.